The molecule has 1 aliphatic heterocycles. The van der Waals surface area contributed by atoms with Crippen LogP contribution in [0, 0.1) is 12.8 Å². The molecule has 0 unspecified atom stereocenters. The summed E-state index contributed by atoms with van der Waals surface area (Å²) in [5.74, 6) is 1.34. The lowest BCUT2D eigenvalue weighted by molar-refractivity contribution is -0.118. The van der Waals surface area contributed by atoms with Gasteiger partial charge < -0.3 is 10.1 Å². The fourth-order valence-corrected chi connectivity index (χ4v) is 2.68. The van der Waals surface area contributed by atoms with Gasteiger partial charge in [0, 0.05) is 32.8 Å². The molecule has 124 valence electrons. The first-order valence-electron chi connectivity index (χ1n) is 8.08. The summed E-state index contributed by atoms with van der Waals surface area (Å²) in [6, 6.07) is 1.88. The maximum Gasteiger partial charge on any atom is 0.239 e. The second kappa shape index (κ2) is 7.74. The molecule has 0 aromatic carbocycles. The molecular weight excluding hydrogens is 280 g/mol. The van der Waals surface area contributed by atoms with E-state index < -0.39 is 0 Å². The Morgan fingerprint density at radius 3 is 2.68 bits per heavy atom. The number of hydrogen-bond acceptors (Lipinski definition) is 4. The van der Waals surface area contributed by atoms with Crippen molar-refractivity contribution >= 4 is 11.7 Å². The number of ether oxygens (including phenoxy) is 1. The second-order valence-electron chi connectivity index (χ2n) is 6.55. The largest absolute Gasteiger partial charge is 0.378 e. The number of carbonyl (C=O) groups is 1. The summed E-state index contributed by atoms with van der Waals surface area (Å²) in [5, 5.41) is 7.15. The molecule has 0 spiro atoms. The van der Waals surface area contributed by atoms with E-state index >= 15 is 0 Å². The second-order valence-corrected chi connectivity index (χ2v) is 6.55. The van der Waals surface area contributed by atoms with E-state index in [1.54, 1.807) is 4.68 Å². The molecule has 0 saturated carbocycles. The zero-order valence-corrected chi connectivity index (χ0v) is 14.1. The minimum absolute atomic E-state index is 0.0181. The van der Waals surface area contributed by atoms with Gasteiger partial charge >= 0.3 is 0 Å². The van der Waals surface area contributed by atoms with Crippen molar-refractivity contribution in [2.24, 2.45) is 13.0 Å². The highest BCUT2D eigenvalue weighted by molar-refractivity contribution is 5.91. The van der Waals surface area contributed by atoms with Gasteiger partial charge in [-0.3, -0.25) is 14.4 Å². The van der Waals surface area contributed by atoms with Crippen molar-refractivity contribution in [1.82, 2.24) is 14.7 Å². The van der Waals surface area contributed by atoms with Crippen LogP contribution >= 0.6 is 0 Å². The van der Waals surface area contributed by atoms with Crippen LogP contribution in [-0.2, 0) is 16.6 Å². The quantitative estimate of drug-likeness (QED) is 0.870. The molecule has 1 amide bonds. The van der Waals surface area contributed by atoms with Gasteiger partial charge in [-0.25, -0.2) is 0 Å². The van der Waals surface area contributed by atoms with Crippen LogP contribution in [0.4, 0.5) is 5.82 Å². The third kappa shape index (κ3) is 5.10. The van der Waals surface area contributed by atoms with Crippen LogP contribution in [0.3, 0.4) is 0 Å². The third-order valence-corrected chi connectivity index (χ3v) is 3.84. The van der Waals surface area contributed by atoms with E-state index in [0.717, 1.165) is 44.0 Å². The molecule has 6 heteroatoms. The minimum Gasteiger partial charge on any atom is -0.378 e. The summed E-state index contributed by atoms with van der Waals surface area (Å²) in [6.07, 6.45) is 2.36. The van der Waals surface area contributed by atoms with E-state index in [0.29, 0.717) is 18.6 Å². The lowest BCUT2D eigenvalue weighted by atomic mass is 10.1. The van der Waals surface area contributed by atoms with Crippen LogP contribution in [0.5, 0.6) is 0 Å². The number of anilines is 1. The van der Waals surface area contributed by atoms with E-state index in [1.165, 1.54) is 0 Å². The van der Waals surface area contributed by atoms with Gasteiger partial charge in [0.2, 0.25) is 5.91 Å². The van der Waals surface area contributed by atoms with Gasteiger partial charge in [-0.1, -0.05) is 13.8 Å². The number of hydrogen-bond donors (Lipinski definition) is 1. The molecule has 1 saturated heterocycles. The highest BCUT2D eigenvalue weighted by Crippen LogP contribution is 2.15. The van der Waals surface area contributed by atoms with E-state index in [4.69, 9.17) is 4.74 Å². The van der Waals surface area contributed by atoms with Crippen molar-refractivity contribution in [2.45, 2.75) is 39.7 Å². The zero-order valence-electron chi connectivity index (χ0n) is 14.1. The first-order chi connectivity index (χ1) is 10.4. The van der Waals surface area contributed by atoms with Crippen LogP contribution in [0.15, 0.2) is 6.07 Å². The van der Waals surface area contributed by atoms with Crippen molar-refractivity contribution < 1.29 is 9.53 Å². The molecule has 1 N–H and O–H groups in total. The average molecular weight is 308 g/mol. The highest BCUT2D eigenvalue weighted by Gasteiger charge is 2.21. The predicted octanol–water partition coefficient (Wildman–Crippen LogP) is 1.80. The molecule has 22 heavy (non-hydrogen) atoms. The maximum absolute atomic E-state index is 12.1. The molecule has 0 aliphatic carbocycles. The van der Waals surface area contributed by atoms with Crippen LogP contribution in [0.25, 0.3) is 0 Å². The Bertz CT molecular complexity index is 490. The molecule has 1 aromatic rings. The Hall–Kier alpha value is -1.40. The molecule has 2 heterocycles. The van der Waals surface area contributed by atoms with E-state index in [-0.39, 0.29) is 5.91 Å². The molecule has 1 fully saturated rings. The summed E-state index contributed by atoms with van der Waals surface area (Å²) in [6.45, 7) is 9.34. The van der Waals surface area contributed by atoms with Gasteiger partial charge in [0.15, 0.2) is 0 Å². The smallest absolute Gasteiger partial charge is 0.239 e. The number of rotatable bonds is 6. The summed E-state index contributed by atoms with van der Waals surface area (Å²) < 4.78 is 7.57. The molecule has 1 aliphatic rings. The lowest BCUT2D eigenvalue weighted by Gasteiger charge is -2.31. The van der Waals surface area contributed by atoms with Gasteiger partial charge in [0.25, 0.3) is 0 Å². The van der Waals surface area contributed by atoms with Crippen molar-refractivity contribution in [3.63, 3.8) is 0 Å². The molecular formula is C16H28N4O2. The third-order valence-electron chi connectivity index (χ3n) is 3.84. The number of carbonyl (C=O) groups excluding carboxylic acids is 1. The number of nitrogens with one attached hydrogen (secondary N) is 1. The molecule has 0 radical (unpaired) electrons. The SMILES string of the molecule is Cc1cc(NC(=O)CN2CCC(OCC(C)C)CC2)n(C)n1. The van der Waals surface area contributed by atoms with Crippen LogP contribution in [0.2, 0.25) is 0 Å². The first-order valence-corrected chi connectivity index (χ1v) is 8.08. The number of nitrogens with zero attached hydrogens (tertiary/aromatic N) is 3. The maximum atomic E-state index is 12.1. The Labute approximate surface area is 132 Å². The number of amides is 1. The van der Waals surface area contributed by atoms with Gasteiger partial charge in [-0.2, -0.15) is 5.10 Å². The van der Waals surface area contributed by atoms with Gasteiger partial charge in [-0.05, 0) is 25.7 Å². The number of aromatic nitrogens is 2. The van der Waals surface area contributed by atoms with Crippen LogP contribution in [-0.4, -0.2) is 52.9 Å². The normalized spacial score (nSPS) is 17.1. The topological polar surface area (TPSA) is 59.4 Å². The van der Waals surface area contributed by atoms with Gasteiger partial charge in [0.1, 0.15) is 5.82 Å². The first kappa shape index (κ1) is 17.0. The van der Waals surface area contributed by atoms with E-state index in [1.807, 2.05) is 20.0 Å². The average Bonchev–Trinajstić information content (AvgIpc) is 2.76. The molecule has 1 aromatic heterocycles. The lowest BCUT2D eigenvalue weighted by Crippen LogP contribution is -2.41. The summed E-state index contributed by atoms with van der Waals surface area (Å²) >= 11 is 0. The number of likely N-dealkylation sites (tertiary alicyclic amines) is 1. The van der Waals surface area contributed by atoms with Crippen molar-refractivity contribution in [3.8, 4) is 0 Å². The predicted molar refractivity (Wildman–Crippen MR) is 86.8 cm³/mol. The highest BCUT2D eigenvalue weighted by atomic mass is 16.5. The standard InChI is InChI=1S/C16H28N4O2/c1-12(2)11-22-14-5-7-20(8-6-14)10-16(21)17-15-9-13(3)18-19(15)4/h9,12,14H,5-8,10-11H2,1-4H3,(H,17,21). The fourth-order valence-electron chi connectivity index (χ4n) is 2.68. The summed E-state index contributed by atoms with van der Waals surface area (Å²) in [4.78, 5) is 14.3. The molecule has 2 rings (SSSR count). The van der Waals surface area contributed by atoms with E-state index in [2.05, 4.69) is 29.2 Å². The van der Waals surface area contributed by atoms with Crippen molar-refractivity contribution in [1.29, 1.82) is 0 Å². The van der Waals surface area contributed by atoms with Crippen LogP contribution in [0.1, 0.15) is 32.4 Å². The fraction of sp³-hybridized carbons (Fsp3) is 0.750. The summed E-state index contributed by atoms with van der Waals surface area (Å²) in [5.41, 5.74) is 0.904. The molecule has 0 atom stereocenters. The Morgan fingerprint density at radius 1 is 1.45 bits per heavy atom. The van der Waals surface area contributed by atoms with Crippen molar-refractivity contribution in [3.05, 3.63) is 11.8 Å². The Balaban J connectivity index is 1.71. The Morgan fingerprint density at radius 2 is 2.14 bits per heavy atom. The Kier molecular flexibility index (Phi) is 5.97. The molecule has 6 nitrogen and oxygen atoms in total. The van der Waals surface area contributed by atoms with E-state index in [9.17, 15) is 4.79 Å². The number of piperidine rings is 1. The van der Waals surface area contributed by atoms with Crippen LogP contribution < -0.4 is 5.32 Å². The van der Waals surface area contributed by atoms with Crippen molar-refractivity contribution in [2.75, 3.05) is 31.6 Å². The molecule has 0 bridgehead atoms. The van der Waals surface area contributed by atoms with Gasteiger partial charge in [0.05, 0.1) is 18.3 Å². The zero-order chi connectivity index (χ0) is 16.1. The van der Waals surface area contributed by atoms with Gasteiger partial charge in [-0.15, -0.1) is 0 Å². The number of aryl methyl sites for hydroxylation is 2. The summed E-state index contributed by atoms with van der Waals surface area (Å²) in [7, 11) is 1.83. The monoisotopic (exact) mass is 308 g/mol. The minimum atomic E-state index is 0.0181.